The van der Waals surface area contributed by atoms with E-state index < -0.39 is 0 Å². The topological polar surface area (TPSA) is 49.4 Å². The van der Waals surface area contributed by atoms with Crippen LogP contribution in [-0.2, 0) is 13.5 Å². The molecule has 2 N–H and O–H groups in total. The first-order chi connectivity index (χ1) is 9.21. The standard InChI is InChI=1S/C15H22N2O2/c1-4-18-14-8-12-11(6-7-16)10-17(3)13(12)9-15(14)19-5-2/h8-10H,4-7,16H2,1-3H3. The molecule has 0 atom stereocenters. The van der Waals surface area contributed by atoms with E-state index in [1.54, 1.807) is 0 Å². The van der Waals surface area contributed by atoms with Crippen molar-refractivity contribution in [3.8, 4) is 11.5 Å². The number of nitrogens with two attached hydrogens (primary N) is 1. The van der Waals surface area contributed by atoms with E-state index in [4.69, 9.17) is 15.2 Å². The summed E-state index contributed by atoms with van der Waals surface area (Å²) in [6.45, 7) is 5.86. The second kappa shape index (κ2) is 5.97. The molecule has 0 amide bonds. The van der Waals surface area contributed by atoms with Crippen molar-refractivity contribution in [1.29, 1.82) is 0 Å². The van der Waals surface area contributed by atoms with Gasteiger partial charge in [-0.1, -0.05) is 0 Å². The smallest absolute Gasteiger partial charge is 0.163 e. The van der Waals surface area contributed by atoms with Gasteiger partial charge < -0.3 is 19.8 Å². The van der Waals surface area contributed by atoms with E-state index in [1.807, 2.05) is 27.0 Å². The number of aromatic nitrogens is 1. The molecule has 0 bridgehead atoms. The Morgan fingerprint density at radius 2 is 1.74 bits per heavy atom. The summed E-state index contributed by atoms with van der Waals surface area (Å²) in [5.74, 6) is 1.61. The van der Waals surface area contributed by atoms with Crippen molar-refractivity contribution in [1.82, 2.24) is 4.57 Å². The van der Waals surface area contributed by atoms with Crippen LogP contribution in [0.25, 0.3) is 10.9 Å². The maximum absolute atomic E-state index is 5.67. The van der Waals surface area contributed by atoms with Crippen molar-refractivity contribution in [2.24, 2.45) is 12.8 Å². The minimum Gasteiger partial charge on any atom is -0.490 e. The molecule has 4 nitrogen and oxygen atoms in total. The molecule has 2 rings (SSSR count). The lowest BCUT2D eigenvalue weighted by molar-refractivity contribution is 0.288. The van der Waals surface area contributed by atoms with E-state index in [0.717, 1.165) is 23.4 Å². The highest BCUT2D eigenvalue weighted by molar-refractivity contribution is 5.87. The molecule has 0 aliphatic carbocycles. The van der Waals surface area contributed by atoms with Gasteiger partial charge in [0.2, 0.25) is 0 Å². The van der Waals surface area contributed by atoms with Crippen LogP contribution in [0.3, 0.4) is 0 Å². The minimum atomic E-state index is 0.630. The van der Waals surface area contributed by atoms with Gasteiger partial charge in [-0.15, -0.1) is 0 Å². The summed E-state index contributed by atoms with van der Waals surface area (Å²) in [5, 5.41) is 1.19. The summed E-state index contributed by atoms with van der Waals surface area (Å²) in [4.78, 5) is 0. The third kappa shape index (κ3) is 2.68. The SMILES string of the molecule is CCOc1cc2c(CCN)cn(C)c2cc1OCC. The fraction of sp³-hybridized carbons (Fsp3) is 0.467. The van der Waals surface area contributed by atoms with E-state index in [0.29, 0.717) is 19.8 Å². The zero-order valence-electron chi connectivity index (χ0n) is 11.9. The van der Waals surface area contributed by atoms with Crippen LogP contribution < -0.4 is 15.2 Å². The van der Waals surface area contributed by atoms with Gasteiger partial charge in [-0.05, 0) is 38.4 Å². The molecule has 0 spiro atoms. The van der Waals surface area contributed by atoms with Crippen LogP contribution in [0, 0.1) is 0 Å². The fourth-order valence-corrected chi connectivity index (χ4v) is 2.36. The molecule has 0 radical (unpaired) electrons. The third-order valence-corrected chi connectivity index (χ3v) is 3.15. The summed E-state index contributed by atoms with van der Waals surface area (Å²) in [7, 11) is 2.04. The van der Waals surface area contributed by atoms with Crippen molar-refractivity contribution in [3.63, 3.8) is 0 Å². The molecule has 2 aromatic rings. The maximum Gasteiger partial charge on any atom is 0.163 e. The predicted molar refractivity (Wildman–Crippen MR) is 78.0 cm³/mol. The lowest BCUT2D eigenvalue weighted by Gasteiger charge is -2.12. The molecular formula is C15H22N2O2. The Morgan fingerprint density at radius 1 is 1.11 bits per heavy atom. The number of aryl methyl sites for hydroxylation is 1. The fourth-order valence-electron chi connectivity index (χ4n) is 2.36. The molecular weight excluding hydrogens is 240 g/mol. The molecule has 19 heavy (non-hydrogen) atoms. The van der Waals surface area contributed by atoms with E-state index >= 15 is 0 Å². The van der Waals surface area contributed by atoms with Crippen LogP contribution >= 0.6 is 0 Å². The zero-order chi connectivity index (χ0) is 13.8. The van der Waals surface area contributed by atoms with Gasteiger partial charge >= 0.3 is 0 Å². The Morgan fingerprint density at radius 3 is 2.32 bits per heavy atom. The summed E-state index contributed by atoms with van der Waals surface area (Å²) in [5.41, 5.74) is 8.07. The van der Waals surface area contributed by atoms with Gasteiger partial charge in [-0.3, -0.25) is 0 Å². The highest BCUT2D eigenvalue weighted by Crippen LogP contribution is 2.35. The van der Waals surface area contributed by atoms with Gasteiger partial charge in [0, 0.05) is 24.7 Å². The van der Waals surface area contributed by atoms with Crippen molar-refractivity contribution < 1.29 is 9.47 Å². The zero-order valence-corrected chi connectivity index (χ0v) is 11.9. The van der Waals surface area contributed by atoms with Crippen LogP contribution in [0.4, 0.5) is 0 Å². The highest BCUT2D eigenvalue weighted by atomic mass is 16.5. The highest BCUT2D eigenvalue weighted by Gasteiger charge is 2.12. The molecule has 0 saturated carbocycles. The maximum atomic E-state index is 5.67. The average molecular weight is 262 g/mol. The number of hydrogen-bond donors (Lipinski definition) is 1. The molecule has 0 fully saturated rings. The molecule has 104 valence electrons. The normalized spacial score (nSPS) is 10.9. The van der Waals surface area contributed by atoms with Crippen molar-refractivity contribution >= 4 is 10.9 Å². The molecule has 4 heteroatoms. The molecule has 0 aliphatic rings. The number of nitrogens with zero attached hydrogens (tertiary/aromatic N) is 1. The third-order valence-electron chi connectivity index (χ3n) is 3.15. The van der Waals surface area contributed by atoms with Crippen molar-refractivity contribution in [3.05, 3.63) is 23.9 Å². The van der Waals surface area contributed by atoms with Crippen LogP contribution in [0.2, 0.25) is 0 Å². The van der Waals surface area contributed by atoms with Gasteiger partial charge in [-0.2, -0.15) is 0 Å². The Bertz CT molecular complexity index is 561. The summed E-state index contributed by atoms with van der Waals surface area (Å²) in [6.07, 6.45) is 3.00. The van der Waals surface area contributed by atoms with Gasteiger partial charge in [0.05, 0.1) is 18.7 Å². The molecule has 0 unspecified atom stereocenters. The van der Waals surface area contributed by atoms with Gasteiger partial charge in [-0.25, -0.2) is 0 Å². The van der Waals surface area contributed by atoms with E-state index in [-0.39, 0.29) is 0 Å². The number of hydrogen-bond acceptors (Lipinski definition) is 3. The van der Waals surface area contributed by atoms with Crippen molar-refractivity contribution in [2.45, 2.75) is 20.3 Å². The van der Waals surface area contributed by atoms with Crippen LogP contribution in [0.1, 0.15) is 19.4 Å². The van der Waals surface area contributed by atoms with Crippen LogP contribution in [0.5, 0.6) is 11.5 Å². The Balaban J connectivity index is 2.57. The number of benzene rings is 1. The second-order valence-electron chi connectivity index (χ2n) is 4.49. The largest absolute Gasteiger partial charge is 0.490 e. The second-order valence-corrected chi connectivity index (χ2v) is 4.49. The molecule has 1 aromatic carbocycles. The predicted octanol–water partition coefficient (Wildman–Crippen LogP) is 2.48. The lowest BCUT2D eigenvalue weighted by Crippen LogP contribution is -2.02. The lowest BCUT2D eigenvalue weighted by atomic mass is 10.1. The van der Waals surface area contributed by atoms with Gasteiger partial charge in [0.25, 0.3) is 0 Å². The molecule has 1 heterocycles. The van der Waals surface area contributed by atoms with Gasteiger partial charge in [0.1, 0.15) is 0 Å². The minimum absolute atomic E-state index is 0.630. The van der Waals surface area contributed by atoms with Crippen LogP contribution in [-0.4, -0.2) is 24.3 Å². The average Bonchev–Trinajstić information content (AvgIpc) is 2.68. The van der Waals surface area contributed by atoms with Gasteiger partial charge in [0.15, 0.2) is 11.5 Å². The van der Waals surface area contributed by atoms with Crippen molar-refractivity contribution in [2.75, 3.05) is 19.8 Å². The number of fused-ring (bicyclic) bond motifs is 1. The summed E-state index contributed by atoms with van der Waals surface area (Å²) in [6, 6.07) is 4.11. The quantitative estimate of drug-likeness (QED) is 0.870. The number of rotatable bonds is 6. The first-order valence-electron chi connectivity index (χ1n) is 6.78. The monoisotopic (exact) mass is 262 g/mol. The molecule has 1 aromatic heterocycles. The first kappa shape index (κ1) is 13.7. The Hall–Kier alpha value is -1.68. The van der Waals surface area contributed by atoms with E-state index in [1.165, 1.54) is 10.9 Å². The van der Waals surface area contributed by atoms with E-state index in [2.05, 4.69) is 16.8 Å². The van der Waals surface area contributed by atoms with E-state index in [9.17, 15) is 0 Å². The Labute approximate surface area is 114 Å². The van der Waals surface area contributed by atoms with Crippen LogP contribution in [0.15, 0.2) is 18.3 Å². The Kier molecular flexibility index (Phi) is 4.32. The summed E-state index contributed by atoms with van der Waals surface area (Å²) >= 11 is 0. The molecule has 0 aliphatic heterocycles. The molecule has 0 saturated heterocycles. The number of ether oxygens (including phenoxy) is 2. The summed E-state index contributed by atoms with van der Waals surface area (Å²) < 4.78 is 13.4. The first-order valence-corrected chi connectivity index (χ1v) is 6.78.